The lowest BCUT2D eigenvalue weighted by Crippen LogP contribution is -2.11. The second-order valence-electron chi connectivity index (χ2n) is 7.10. The first kappa shape index (κ1) is 25.0. The molecule has 0 radical (unpaired) electrons. The molecule has 8 nitrogen and oxygen atoms in total. The third-order valence-corrected chi connectivity index (χ3v) is 4.82. The van der Waals surface area contributed by atoms with E-state index in [-0.39, 0.29) is 29.6 Å². The molecule has 35 heavy (non-hydrogen) atoms. The van der Waals surface area contributed by atoms with Crippen LogP contribution in [0, 0.1) is 0 Å². The van der Waals surface area contributed by atoms with Gasteiger partial charge in [-0.05, 0) is 66.6 Å². The second kappa shape index (κ2) is 12.0. The van der Waals surface area contributed by atoms with Crippen LogP contribution in [0.4, 0.5) is 0 Å². The van der Waals surface area contributed by atoms with Gasteiger partial charge in [-0.25, -0.2) is 14.4 Å². The van der Waals surface area contributed by atoms with E-state index < -0.39 is 17.9 Å². The van der Waals surface area contributed by atoms with Gasteiger partial charge in [-0.15, -0.1) is 0 Å². The fourth-order valence-corrected chi connectivity index (χ4v) is 2.91. The monoisotopic (exact) mass is 476 g/mol. The summed E-state index contributed by atoms with van der Waals surface area (Å²) in [5.74, 6) is -0.579. The lowest BCUT2D eigenvalue weighted by molar-refractivity contribution is -0.144. The van der Waals surface area contributed by atoms with Gasteiger partial charge >= 0.3 is 17.9 Å². The van der Waals surface area contributed by atoms with E-state index in [4.69, 9.17) is 23.7 Å². The van der Waals surface area contributed by atoms with Crippen LogP contribution in [0.15, 0.2) is 79.4 Å². The smallest absolute Gasteiger partial charge is 0.343 e. The zero-order valence-electron chi connectivity index (χ0n) is 19.3. The van der Waals surface area contributed by atoms with Gasteiger partial charge in [-0.3, -0.25) is 0 Å². The third-order valence-electron chi connectivity index (χ3n) is 4.82. The number of benzene rings is 3. The SMILES string of the molecule is C=CC(=O)OCOc1ccc(C(=O)Oc2ccc(C(=O)Oc3ccc(CC)cc3)cc2)cc1OC. The molecule has 3 rings (SSSR count). The van der Waals surface area contributed by atoms with E-state index in [1.807, 2.05) is 19.1 Å². The van der Waals surface area contributed by atoms with Crippen LogP contribution in [-0.4, -0.2) is 31.8 Å². The fraction of sp³-hybridized carbons (Fsp3) is 0.148. The van der Waals surface area contributed by atoms with Crippen LogP contribution in [0.3, 0.4) is 0 Å². The third kappa shape index (κ3) is 6.94. The Bertz CT molecular complexity index is 1200. The Hall–Kier alpha value is -4.59. The van der Waals surface area contributed by atoms with Gasteiger partial charge in [0.1, 0.15) is 11.5 Å². The average molecular weight is 476 g/mol. The van der Waals surface area contributed by atoms with Gasteiger partial charge in [-0.2, -0.15) is 0 Å². The van der Waals surface area contributed by atoms with Crippen molar-refractivity contribution >= 4 is 17.9 Å². The minimum absolute atomic E-state index is 0.205. The molecule has 0 aliphatic carbocycles. The highest BCUT2D eigenvalue weighted by Gasteiger charge is 2.15. The van der Waals surface area contributed by atoms with E-state index >= 15 is 0 Å². The van der Waals surface area contributed by atoms with E-state index in [9.17, 15) is 14.4 Å². The average Bonchev–Trinajstić information content (AvgIpc) is 2.89. The summed E-state index contributed by atoms with van der Waals surface area (Å²) in [6.45, 7) is 4.99. The van der Waals surface area contributed by atoms with Gasteiger partial charge < -0.3 is 23.7 Å². The van der Waals surface area contributed by atoms with Crippen molar-refractivity contribution in [1.29, 1.82) is 0 Å². The quantitative estimate of drug-likeness (QED) is 0.179. The Labute approximate surface area is 202 Å². The number of hydrogen-bond acceptors (Lipinski definition) is 8. The molecule has 0 N–H and O–H groups in total. The topological polar surface area (TPSA) is 97.4 Å². The first-order valence-corrected chi connectivity index (χ1v) is 10.7. The zero-order chi connectivity index (χ0) is 25.2. The lowest BCUT2D eigenvalue weighted by Gasteiger charge is -2.12. The van der Waals surface area contributed by atoms with Crippen LogP contribution >= 0.6 is 0 Å². The van der Waals surface area contributed by atoms with Crippen molar-refractivity contribution in [3.05, 3.63) is 96.1 Å². The molecule has 0 saturated heterocycles. The Balaban J connectivity index is 1.60. The van der Waals surface area contributed by atoms with Gasteiger partial charge in [0.05, 0.1) is 18.2 Å². The molecule has 0 heterocycles. The highest BCUT2D eigenvalue weighted by Crippen LogP contribution is 2.29. The number of hydrogen-bond donors (Lipinski definition) is 0. The highest BCUT2D eigenvalue weighted by atomic mass is 16.7. The molecule has 0 fully saturated rings. The van der Waals surface area contributed by atoms with E-state index in [0.29, 0.717) is 11.3 Å². The van der Waals surface area contributed by atoms with Crippen LogP contribution in [0.1, 0.15) is 33.2 Å². The van der Waals surface area contributed by atoms with Crippen LogP contribution < -0.4 is 18.9 Å². The predicted octanol–water partition coefficient (Wildman–Crippen LogP) is 4.76. The maximum atomic E-state index is 12.6. The molecule has 0 saturated carbocycles. The second-order valence-corrected chi connectivity index (χ2v) is 7.10. The summed E-state index contributed by atoms with van der Waals surface area (Å²) in [6.07, 6.45) is 1.91. The summed E-state index contributed by atoms with van der Waals surface area (Å²) < 4.78 is 26.1. The number of carbonyl (C=O) groups excluding carboxylic acids is 3. The summed E-state index contributed by atoms with van der Waals surface area (Å²) in [6, 6.07) is 17.7. The summed E-state index contributed by atoms with van der Waals surface area (Å²) in [5.41, 5.74) is 1.66. The van der Waals surface area contributed by atoms with Gasteiger partial charge in [0.2, 0.25) is 6.79 Å². The number of methoxy groups -OCH3 is 1. The van der Waals surface area contributed by atoms with Crippen LogP contribution in [0.25, 0.3) is 0 Å². The summed E-state index contributed by atoms with van der Waals surface area (Å²) in [7, 11) is 1.41. The van der Waals surface area contributed by atoms with Crippen molar-refractivity contribution in [1.82, 2.24) is 0 Å². The van der Waals surface area contributed by atoms with E-state index in [1.54, 1.807) is 12.1 Å². The van der Waals surface area contributed by atoms with Crippen molar-refractivity contribution in [3.8, 4) is 23.0 Å². The van der Waals surface area contributed by atoms with E-state index in [0.717, 1.165) is 18.1 Å². The Kier molecular flexibility index (Phi) is 8.61. The van der Waals surface area contributed by atoms with Crippen LogP contribution in [0.5, 0.6) is 23.0 Å². The first-order valence-electron chi connectivity index (χ1n) is 10.7. The van der Waals surface area contributed by atoms with Crippen molar-refractivity contribution in [2.45, 2.75) is 13.3 Å². The summed E-state index contributed by atoms with van der Waals surface area (Å²) in [4.78, 5) is 36.0. The molecule has 3 aromatic rings. The standard InChI is InChI=1S/C27H24O8/c1-4-18-6-11-21(12-7-18)34-26(29)19-8-13-22(14-9-19)35-27(30)20-10-15-23(24(16-20)31-3)32-17-33-25(28)5-2/h5-16H,2,4,17H2,1,3H3. The highest BCUT2D eigenvalue weighted by molar-refractivity contribution is 5.93. The maximum Gasteiger partial charge on any atom is 0.343 e. The van der Waals surface area contributed by atoms with Crippen molar-refractivity contribution < 1.29 is 38.1 Å². The number of carbonyl (C=O) groups is 3. The molecule has 3 aromatic carbocycles. The molecule has 0 atom stereocenters. The van der Waals surface area contributed by atoms with Gasteiger partial charge in [0, 0.05) is 6.08 Å². The lowest BCUT2D eigenvalue weighted by atomic mass is 10.2. The molecule has 180 valence electrons. The Morgan fingerprint density at radius 3 is 1.94 bits per heavy atom. The summed E-state index contributed by atoms with van der Waals surface area (Å²) >= 11 is 0. The van der Waals surface area contributed by atoms with Crippen molar-refractivity contribution in [2.75, 3.05) is 13.9 Å². The summed E-state index contributed by atoms with van der Waals surface area (Å²) in [5, 5.41) is 0. The minimum atomic E-state index is -0.640. The molecule has 0 aliphatic heterocycles. The predicted molar refractivity (Wildman–Crippen MR) is 127 cm³/mol. The number of rotatable bonds is 10. The molecule has 0 aromatic heterocycles. The fourth-order valence-electron chi connectivity index (χ4n) is 2.91. The number of esters is 3. The van der Waals surface area contributed by atoms with E-state index in [1.165, 1.54) is 49.6 Å². The molecule has 0 amide bonds. The largest absolute Gasteiger partial charge is 0.493 e. The molecule has 0 unspecified atom stereocenters. The van der Waals surface area contributed by atoms with Gasteiger partial charge in [-0.1, -0.05) is 25.6 Å². The molecule has 8 heteroatoms. The van der Waals surface area contributed by atoms with E-state index in [2.05, 4.69) is 6.58 Å². The molecule has 0 bridgehead atoms. The van der Waals surface area contributed by atoms with Crippen molar-refractivity contribution in [3.63, 3.8) is 0 Å². The Morgan fingerprint density at radius 1 is 0.800 bits per heavy atom. The molecular formula is C27H24O8. The van der Waals surface area contributed by atoms with Crippen molar-refractivity contribution in [2.24, 2.45) is 0 Å². The van der Waals surface area contributed by atoms with Crippen LogP contribution in [-0.2, 0) is 16.0 Å². The maximum absolute atomic E-state index is 12.6. The first-order chi connectivity index (χ1) is 16.9. The normalized spacial score (nSPS) is 10.1. The Morgan fingerprint density at radius 2 is 1.37 bits per heavy atom. The molecule has 0 spiro atoms. The zero-order valence-corrected chi connectivity index (χ0v) is 19.3. The number of aryl methyl sites for hydroxylation is 1. The minimum Gasteiger partial charge on any atom is -0.493 e. The van der Waals surface area contributed by atoms with Gasteiger partial charge in [0.15, 0.2) is 11.5 Å². The van der Waals surface area contributed by atoms with Crippen LogP contribution in [0.2, 0.25) is 0 Å². The molecular weight excluding hydrogens is 452 g/mol. The van der Waals surface area contributed by atoms with Gasteiger partial charge in [0.25, 0.3) is 0 Å². The molecule has 0 aliphatic rings. The number of ether oxygens (including phenoxy) is 5.